The van der Waals surface area contributed by atoms with Crippen molar-refractivity contribution >= 4 is 16.7 Å². The third-order valence-corrected chi connectivity index (χ3v) is 6.14. The Bertz CT molecular complexity index is 1060. The number of hydrogen-bond donors (Lipinski definition) is 1. The molecule has 0 spiro atoms. The van der Waals surface area contributed by atoms with Crippen molar-refractivity contribution in [2.45, 2.75) is 52.1 Å². The van der Waals surface area contributed by atoms with E-state index in [1.54, 1.807) is 19.1 Å². The molecule has 3 aromatic rings. The van der Waals surface area contributed by atoms with Crippen LogP contribution in [0.4, 0.5) is 0 Å². The highest BCUT2D eigenvalue weighted by atomic mass is 16.5. The van der Waals surface area contributed by atoms with Crippen LogP contribution in [0.3, 0.4) is 0 Å². The van der Waals surface area contributed by atoms with E-state index in [1.165, 1.54) is 24.0 Å². The van der Waals surface area contributed by atoms with Gasteiger partial charge < -0.3 is 9.84 Å². The maximum Gasteiger partial charge on any atom is 0.338 e. The number of aliphatic hydroxyl groups is 1. The van der Waals surface area contributed by atoms with Gasteiger partial charge in [0.1, 0.15) is 0 Å². The van der Waals surface area contributed by atoms with Gasteiger partial charge in [0.15, 0.2) is 0 Å². The Balaban J connectivity index is 1.81. The van der Waals surface area contributed by atoms with Crippen molar-refractivity contribution in [3.05, 3.63) is 70.8 Å². The number of carbonyl (C=O) groups excluding carboxylic acids is 1. The third kappa shape index (κ3) is 3.67. The summed E-state index contributed by atoms with van der Waals surface area (Å²) in [5.41, 5.74) is 6.58. The molecular weight excluding hydrogens is 360 g/mol. The van der Waals surface area contributed by atoms with E-state index >= 15 is 0 Å². The Morgan fingerprint density at radius 2 is 1.83 bits per heavy atom. The molecule has 0 aromatic heterocycles. The summed E-state index contributed by atoms with van der Waals surface area (Å²) in [6, 6.07) is 16.3. The predicted molar refractivity (Wildman–Crippen MR) is 117 cm³/mol. The number of benzene rings is 3. The van der Waals surface area contributed by atoms with E-state index in [2.05, 4.69) is 38.1 Å². The normalized spacial score (nSPS) is 15.2. The lowest BCUT2D eigenvalue weighted by Crippen LogP contribution is -2.23. The van der Waals surface area contributed by atoms with Gasteiger partial charge in [0.05, 0.1) is 18.8 Å². The van der Waals surface area contributed by atoms with E-state index in [4.69, 9.17) is 4.74 Å². The Kier molecular flexibility index (Phi) is 5.18. The molecule has 0 unspecified atom stereocenters. The van der Waals surface area contributed by atoms with Gasteiger partial charge in [0.25, 0.3) is 0 Å². The third-order valence-electron chi connectivity index (χ3n) is 6.14. The highest BCUT2D eigenvalue weighted by Crippen LogP contribution is 2.40. The second-order valence-electron chi connectivity index (χ2n) is 8.56. The maximum absolute atomic E-state index is 11.9. The van der Waals surface area contributed by atoms with E-state index in [0.717, 1.165) is 33.9 Å². The van der Waals surface area contributed by atoms with Crippen LogP contribution in [0, 0.1) is 0 Å². The number of carbonyl (C=O) groups is 1. The average Bonchev–Trinajstić information content (AvgIpc) is 2.72. The first-order valence-electron chi connectivity index (χ1n) is 10.4. The molecule has 0 saturated carbocycles. The first-order chi connectivity index (χ1) is 13.9. The molecule has 1 N–H and O–H groups in total. The van der Waals surface area contributed by atoms with Gasteiger partial charge in [-0.2, -0.15) is 0 Å². The van der Waals surface area contributed by atoms with Crippen LogP contribution in [-0.2, 0) is 23.2 Å². The van der Waals surface area contributed by atoms with Gasteiger partial charge >= 0.3 is 5.97 Å². The van der Waals surface area contributed by atoms with Crippen LogP contribution in [0.5, 0.6) is 0 Å². The number of fused-ring (bicyclic) bond motifs is 2. The smallest absolute Gasteiger partial charge is 0.338 e. The number of esters is 1. The molecule has 0 amide bonds. The largest absolute Gasteiger partial charge is 0.462 e. The molecule has 0 atom stereocenters. The molecule has 1 aliphatic rings. The molecular formula is C26H28O3. The van der Waals surface area contributed by atoms with Crippen LogP contribution in [0.25, 0.3) is 21.9 Å². The van der Waals surface area contributed by atoms with Crippen molar-refractivity contribution in [2.75, 3.05) is 6.61 Å². The van der Waals surface area contributed by atoms with Crippen molar-refractivity contribution in [3.8, 4) is 11.1 Å². The lowest BCUT2D eigenvalue weighted by molar-refractivity contribution is 0.0526. The molecule has 0 aliphatic heterocycles. The van der Waals surface area contributed by atoms with Gasteiger partial charge in [0, 0.05) is 0 Å². The first-order valence-corrected chi connectivity index (χ1v) is 10.4. The van der Waals surface area contributed by atoms with Crippen LogP contribution in [0.2, 0.25) is 0 Å². The second kappa shape index (κ2) is 7.64. The molecule has 1 aliphatic carbocycles. The minimum Gasteiger partial charge on any atom is -0.462 e. The van der Waals surface area contributed by atoms with E-state index in [-0.39, 0.29) is 18.0 Å². The summed E-state index contributed by atoms with van der Waals surface area (Å²) in [5, 5.41) is 12.3. The van der Waals surface area contributed by atoms with Crippen molar-refractivity contribution < 1.29 is 14.6 Å². The Labute approximate surface area is 172 Å². The lowest BCUT2D eigenvalue weighted by atomic mass is 9.72. The quantitative estimate of drug-likeness (QED) is 0.576. The van der Waals surface area contributed by atoms with Gasteiger partial charge in [0.2, 0.25) is 0 Å². The fourth-order valence-corrected chi connectivity index (χ4v) is 4.54. The van der Waals surface area contributed by atoms with Crippen molar-refractivity contribution in [3.63, 3.8) is 0 Å². The average molecular weight is 389 g/mol. The fraction of sp³-hybridized carbons (Fsp3) is 0.346. The molecule has 0 heterocycles. The van der Waals surface area contributed by atoms with Crippen LogP contribution in [0.1, 0.15) is 60.7 Å². The molecule has 0 bridgehead atoms. The second-order valence-corrected chi connectivity index (χ2v) is 8.56. The zero-order valence-electron chi connectivity index (χ0n) is 17.4. The molecule has 3 heteroatoms. The van der Waals surface area contributed by atoms with Crippen LogP contribution >= 0.6 is 0 Å². The summed E-state index contributed by atoms with van der Waals surface area (Å²) < 4.78 is 5.07. The Hall–Kier alpha value is -2.65. The molecule has 3 aromatic carbocycles. The SMILES string of the molecule is CCOC(=O)c1ccc(-c2cc(CO)c3cc4c(cc3c2)C(C)(C)CCC4)cc1. The predicted octanol–water partition coefficient (Wildman–Crippen LogP) is 5.79. The van der Waals surface area contributed by atoms with Crippen LogP contribution in [-0.4, -0.2) is 17.7 Å². The summed E-state index contributed by atoms with van der Waals surface area (Å²) >= 11 is 0. The zero-order valence-corrected chi connectivity index (χ0v) is 17.4. The number of aryl methyl sites for hydroxylation is 1. The Morgan fingerprint density at radius 1 is 1.07 bits per heavy atom. The van der Waals surface area contributed by atoms with Crippen LogP contribution < -0.4 is 0 Å². The summed E-state index contributed by atoms with van der Waals surface area (Å²) in [4.78, 5) is 11.9. The molecule has 4 rings (SSSR count). The molecule has 3 nitrogen and oxygen atoms in total. The van der Waals surface area contributed by atoms with Crippen molar-refractivity contribution in [1.29, 1.82) is 0 Å². The maximum atomic E-state index is 11.9. The van der Waals surface area contributed by atoms with E-state index in [0.29, 0.717) is 12.2 Å². The number of aliphatic hydroxyl groups excluding tert-OH is 1. The van der Waals surface area contributed by atoms with Gasteiger partial charge in [-0.1, -0.05) is 38.1 Å². The van der Waals surface area contributed by atoms with E-state index < -0.39 is 0 Å². The number of hydrogen-bond acceptors (Lipinski definition) is 3. The van der Waals surface area contributed by atoms with Gasteiger partial charge in [-0.25, -0.2) is 4.79 Å². The molecule has 0 fully saturated rings. The minimum atomic E-state index is -0.303. The van der Waals surface area contributed by atoms with E-state index in [9.17, 15) is 9.90 Å². The molecule has 150 valence electrons. The van der Waals surface area contributed by atoms with E-state index in [1.807, 2.05) is 12.1 Å². The monoisotopic (exact) mass is 388 g/mol. The zero-order chi connectivity index (χ0) is 20.6. The summed E-state index contributed by atoms with van der Waals surface area (Å²) in [7, 11) is 0. The number of ether oxygens (including phenoxy) is 1. The standard InChI is InChI=1S/C26H28O3/c1-4-29-25(28)18-9-7-17(8-10-18)20-12-21-15-24-19(6-5-11-26(24,2)3)14-23(21)22(13-20)16-27/h7-10,12-15,27H,4-6,11,16H2,1-3H3. The summed E-state index contributed by atoms with van der Waals surface area (Å²) in [6.07, 6.45) is 3.52. The van der Waals surface area contributed by atoms with Gasteiger partial charge in [-0.05, 0) is 94.5 Å². The lowest BCUT2D eigenvalue weighted by Gasteiger charge is -2.33. The molecule has 0 radical (unpaired) electrons. The van der Waals surface area contributed by atoms with Gasteiger partial charge in [-0.3, -0.25) is 0 Å². The van der Waals surface area contributed by atoms with Crippen molar-refractivity contribution in [1.82, 2.24) is 0 Å². The summed E-state index contributed by atoms with van der Waals surface area (Å²) in [5.74, 6) is -0.303. The minimum absolute atomic E-state index is 0.00737. The van der Waals surface area contributed by atoms with Gasteiger partial charge in [-0.15, -0.1) is 0 Å². The molecule has 29 heavy (non-hydrogen) atoms. The molecule has 0 saturated heterocycles. The Morgan fingerprint density at radius 3 is 2.52 bits per heavy atom. The fourth-order valence-electron chi connectivity index (χ4n) is 4.54. The first kappa shape index (κ1) is 19.7. The van der Waals surface area contributed by atoms with Crippen LogP contribution in [0.15, 0.2) is 48.5 Å². The topological polar surface area (TPSA) is 46.5 Å². The number of rotatable bonds is 4. The summed E-state index contributed by atoms with van der Waals surface area (Å²) in [6.45, 7) is 6.82. The highest BCUT2D eigenvalue weighted by molar-refractivity contribution is 5.93. The highest BCUT2D eigenvalue weighted by Gasteiger charge is 2.27. The van der Waals surface area contributed by atoms with Crippen molar-refractivity contribution in [2.24, 2.45) is 0 Å².